The zero-order valence-electron chi connectivity index (χ0n) is 13.1. The molecule has 23 heavy (non-hydrogen) atoms. The minimum Gasteiger partial charge on any atom is -0.395 e. The normalized spacial score (nSPS) is 28.0. The fourth-order valence-electron chi connectivity index (χ4n) is 3.64. The fourth-order valence-corrected chi connectivity index (χ4v) is 3.81. The van der Waals surface area contributed by atoms with Crippen LogP contribution in [0.4, 0.5) is 5.69 Å². The van der Waals surface area contributed by atoms with Crippen molar-refractivity contribution in [2.45, 2.75) is 43.8 Å². The highest BCUT2D eigenvalue weighted by atomic mass is 35.5. The second-order valence-corrected chi connectivity index (χ2v) is 7.07. The van der Waals surface area contributed by atoms with E-state index in [9.17, 15) is 9.90 Å². The van der Waals surface area contributed by atoms with E-state index < -0.39 is 0 Å². The Hall–Kier alpha value is -1.14. The number of nitrogens with one attached hydrogen (secondary N) is 1. The highest BCUT2D eigenvalue weighted by Crippen LogP contribution is 2.41. The molecule has 2 aliphatic rings. The van der Waals surface area contributed by atoms with Gasteiger partial charge >= 0.3 is 0 Å². The van der Waals surface area contributed by atoms with Gasteiger partial charge in [0, 0.05) is 28.8 Å². The third kappa shape index (κ3) is 3.69. The van der Waals surface area contributed by atoms with E-state index in [1.807, 2.05) is 12.1 Å². The molecule has 1 amide bonds. The number of nitrogens with zero attached hydrogens (tertiary/aromatic N) is 1. The van der Waals surface area contributed by atoms with Gasteiger partial charge in [-0.25, -0.2) is 0 Å². The third-order valence-corrected chi connectivity index (χ3v) is 5.32. The average Bonchev–Trinajstić information content (AvgIpc) is 3.29. The number of likely N-dealkylation sites (tertiary alicyclic amines) is 1. The summed E-state index contributed by atoms with van der Waals surface area (Å²) in [7, 11) is 0. The molecule has 0 aromatic heterocycles. The van der Waals surface area contributed by atoms with E-state index in [1.54, 1.807) is 6.07 Å². The van der Waals surface area contributed by atoms with Gasteiger partial charge < -0.3 is 16.2 Å². The summed E-state index contributed by atoms with van der Waals surface area (Å²) in [6.07, 6.45) is 5.21. The van der Waals surface area contributed by atoms with Gasteiger partial charge in [-0.1, -0.05) is 30.5 Å². The summed E-state index contributed by atoms with van der Waals surface area (Å²) < 4.78 is 0. The maximum absolute atomic E-state index is 10.9. The molecule has 1 aromatic rings. The molecule has 6 heteroatoms. The second kappa shape index (κ2) is 7.18. The molecular formula is C17H24ClN3O2. The van der Waals surface area contributed by atoms with Crippen molar-refractivity contribution in [1.29, 1.82) is 0 Å². The van der Waals surface area contributed by atoms with Crippen LogP contribution in [0.15, 0.2) is 18.2 Å². The molecular weight excluding hydrogens is 314 g/mol. The minimum absolute atomic E-state index is 0.0292. The van der Waals surface area contributed by atoms with Gasteiger partial charge in [0.05, 0.1) is 6.61 Å². The van der Waals surface area contributed by atoms with Crippen LogP contribution in [0.3, 0.4) is 0 Å². The lowest BCUT2D eigenvalue weighted by atomic mass is 10.0. The number of amides is 1. The van der Waals surface area contributed by atoms with Gasteiger partial charge in [-0.3, -0.25) is 9.69 Å². The molecule has 1 aromatic carbocycles. The van der Waals surface area contributed by atoms with Gasteiger partial charge in [-0.15, -0.1) is 0 Å². The maximum Gasteiger partial charge on any atom is 0.211 e. The number of rotatable bonds is 7. The first kappa shape index (κ1) is 16.7. The van der Waals surface area contributed by atoms with Crippen molar-refractivity contribution >= 4 is 23.7 Å². The summed E-state index contributed by atoms with van der Waals surface area (Å²) in [5.41, 5.74) is 8.01. The van der Waals surface area contributed by atoms with Gasteiger partial charge in [-0.05, 0) is 43.0 Å². The Labute approximate surface area is 141 Å². The van der Waals surface area contributed by atoms with Gasteiger partial charge in [0.25, 0.3) is 0 Å². The molecule has 1 saturated carbocycles. The summed E-state index contributed by atoms with van der Waals surface area (Å²) in [5, 5.41) is 13.1. The minimum atomic E-state index is -0.0658. The predicted molar refractivity (Wildman–Crippen MR) is 91.4 cm³/mol. The SMILES string of the molecule is NC1CC(c2ccc(Cl)cc2NC=O)N(CCC2CC2)C1CO. The van der Waals surface area contributed by atoms with E-state index in [1.165, 1.54) is 12.8 Å². The molecule has 1 aliphatic carbocycles. The van der Waals surface area contributed by atoms with Crippen LogP contribution < -0.4 is 11.1 Å². The Morgan fingerprint density at radius 2 is 2.22 bits per heavy atom. The van der Waals surface area contributed by atoms with E-state index in [0.29, 0.717) is 11.4 Å². The zero-order chi connectivity index (χ0) is 16.4. The van der Waals surface area contributed by atoms with Crippen LogP contribution in [-0.4, -0.2) is 41.7 Å². The number of halogens is 1. The zero-order valence-corrected chi connectivity index (χ0v) is 13.9. The molecule has 3 rings (SSSR count). The predicted octanol–water partition coefficient (Wildman–Crippen LogP) is 2.14. The average molecular weight is 338 g/mol. The first-order valence-corrected chi connectivity index (χ1v) is 8.63. The lowest BCUT2D eigenvalue weighted by Gasteiger charge is -2.31. The second-order valence-electron chi connectivity index (χ2n) is 6.63. The number of benzene rings is 1. The van der Waals surface area contributed by atoms with Crippen molar-refractivity contribution in [3.8, 4) is 0 Å². The highest BCUT2D eigenvalue weighted by molar-refractivity contribution is 6.30. The number of aliphatic hydroxyl groups excluding tert-OH is 1. The summed E-state index contributed by atoms with van der Waals surface area (Å²) in [5.74, 6) is 0.824. The molecule has 4 N–H and O–H groups in total. The van der Waals surface area contributed by atoms with Crippen molar-refractivity contribution in [1.82, 2.24) is 4.90 Å². The summed E-state index contributed by atoms with van der Waals surface area (Å²) in [6, 6.07) is 5.56. The molecule has 1 aliphatic heterocycles. The number of nitrogens with two attached hydrogens (primary N) is 1. The van der Waals surface area contributed by atoms with Crippen molar-refractivity contribution in [2.24, 2.45) is 11.7 Å². The van der Waals surface area contributed by atoms with Crippen molar-refractivity contribution in [3.63, 3.8) is 0 Å². The molecule has 5 nitrogen and oxygen atoms in total. The topological polar surface area (TPSA) is 78.6 Å². The number of aliphatic hydroxyl groups is 1. The number of carbonyl (C=O) groups excluding carboxylic acids is 1. The Morgan fingerprint density at radius 3 is 2.87 bits per heavy atom. The summed E-state index contributed by atoms with van der Waals surface area (Å²) in [6.45, 7) is 0.990. The first-order chi connectivity index (χ1) is 11.1. The molecule has 3 unspecified atom stereocenters. The smallest absolute Gasteiger partial charge is 0.211 e. The van der Waals surface area contributed by atoms with E-state index in [-0.39, 0.29) is 24.7 Å². The third-order valence-electron chi connectivity index (χ3n) is 5.08. The monoisotopic (exact) mass is 337 g/mol. The van der Waals surface area contributed by atoms with E-state index in [4.69, 9.17) is 17.3 Å². The van der Waals surface area contributed by atoms with Crippen LogP contribution in [-0.2, 0) is 4.79 Å². The summed E-state index contributed by atoms with van der Waals surface area (Å²) in [4.78, 5) is 13.2. The molecule has 0 bridgehead atoms. The largest absolute Gasteiger partial charge is 0.395 e. The molecule has 0 radical (unpaired) electrons. The van der Waals surface area contributed by atoms with Crippen LogP contribution in [0.2, 0.25) is 5.02 Å². The molecule has 2 fully saturated rings. The number of hydrogen-bond donors (Lipinski definition) is 3. The van der Waals surface area contributed by atoms with E-state index in [0.717, 1.165) is 36.6 Å². The molecule has 1 heterocycles. The van der Waals surface area contributed by atoms with E-state index in [2.05, 4.69) is 10.2 Å². The van der Waals surface area contributed by atoms with Gasteiger partial charge in [0.2, 0.25) is 6.41 Å². The van der Waals surface area contributed by atoms with Gasteiger partial charge in [0.15, 0.2) is 0 Å². The van der Waals surface area contributed by atoms with Crippen molar-refractivity contribution < 1.29 is 9.90 Å². The van der Waals surface area contributed by atoms with Crippen molar-refractivity contribution in [3.05, 3.63) is 28.8 Å². The number of anilines is 1. The molecule has 126 valence electrons. The fraction of sp³-hybridized carbons (Fsp3) is 0.588. The molecule has 1 saturated heterocycles. The first-order valence-electron chi connectivity index (χ1n) is 8.26. The Kier molecular flexibility index (Phi) is 5.21. The number of carbonyl (C=O) groups is 1. The van der Waals surface area contributed by atoms with Gasteiger partial charge in [-0.2, -0.15) is 0 Å². The Bertz CT molecular complexity index is 565. The van der Waals surface area contributed by atoms with Crippen LogP contribution in [0.5, 0.6) is 0 Å². The Morgan fingerprint density at radius 1 is 1.43 bits per heavy atom. The lowest BCUT2D eigenvalue weighted by Crippen LogP contribution is -2.43. The lowest BCUT2D eigenvalue weighted by molar-refractivity contribution is -0.105. The van der Waals surface area contributed by atoms with Crippen LogP contribution in [0.1, 0.15) is 37.3 Å². The molecule has 3 atom stereocenters. The highest BCUT2D eigenvalue weighted by Gasteiger charge is 2.40. The van der Waals surface area contributed by atoms with E-state index >= 15 is 0 Å². The van der Waals surface area contributed by atoms with Crippen molar-refractivity contribution in [2.75, 3.05) is 18.5 Å². The standard InChI is InChI=1S/C17H24ClN3O2/c18-12-3-4-13(15(7-12)20-10-23)16-8-14(19)17(9-22)21(16)6-5-11-1-2-11/h3-4,7,10-11,14,16-17,22H,1-2,5-6,8-9,19H2,(H,20,23). The van der Waals surface area contributed by atoms with Crippen LogP contribution in [0.25, 0.3) is 0 Å². The quantitative estimate of drug-likeness (QED) is 0.666. The van der Waals surface area contributed by atoms with Crippen LogP contribution >= 0.6 is 11.6 Å². The maximum atomic E-state index is 10.9. The molecule has 0 spiro atoms. The number of hydrogen-bond acceptors (Lipinski definition) is 4. The Balaban J connectivity index is 1.87. The van der Waals surface area contributed by atoms with Crippen LogP contribution in [0, 0.1) is 5.92 Å². The van der Waals surface area contributed by atoms with Gasteiger partial charge in [0.1, 0.15) is 0 Å². The summed E-state index contributed by atoms with van der Waals surface area (Å²) >= 11 is 6.06.